The number of ether oxygens (including phenoxy) is 1. The molecule has 0 radical (unpaired) electrons. The Hall–Kier alpha value is -1.22. The Morgan fingerprint density at radius 3 is 2.77 bits per heavy atom. The highest BCUT2D eigenvalue weighted by Crippen LogP contribution is 2.24. The van der Waals surface area contributed by atoms with E-state index in [1.54, 1.807) is 6.07 Å². The molecular weight excluding hydrogens is 168 g/mol. The van der Waals surface area contributed by atoms with E-state index in [0.29, 0.717) is 17.9 Å². The topological polar surface area (TPSA) is 49.7 Å². The van der Waals surface area contributed by atoms with E-state index < -0.39 is 0 Å². The predicted octanol–water partition coefficient (Wildman–Crippen LogP) is 1.67. The van der Waals surface area contributed by atoms with Gasteiger partial charge in [0.1, 0.15) is 11.5 Å². The number of aromatic hydroxyl groups is 1. The van der Waals surface area contributed by atoms with E-state index in [-0.39, 0.29) is 12.4 Å². The summed E-state index contributed by atoms with van der Waals surface area (Å²) in [4.78, 5) is 0. The molecule has 0 amide bonds. The van der Waals surface area contributed by atoms with Crippen LogP contribution in [0.5, 0.6) is 11.5 Å². The van der Waals surface area contributed by atoms with Crippen molar-refractivity contribution in [1.29, 1.82) is 0 Å². The van der Waals surface area contributed by atoms with Crippen LogP contribution in [0.2, 0.25) is 0 Å². The summed E-state index contributed by atoms with van der Waals surface area (Å²) in [5, 5.41) is 18.1. The van der Waals surface area contributed by atoms with E-state index >= 15 is 0 Å². The molecule has 1 aromatic rings. The maximum absolute atomic E-state index is 9.17. The van der Waals surface area contributed by atoms with Gasteiger partial charge in [0.15, 0.2) is 0 Å². The van der Waals surface area contributed by atoms with Crippen LogP contribution in [0.4, 0.5) is 0 Å². The number of rotatable bonds is 4. The molecule has 0 aliphatic carbocycles. The fourth-order valence-electron chi connectivity index (χ4n) is 1.02. The fourth-order valence-corrected chi connectivity index (χ4v) is 1.02. The zero-order chi connectivity index (χ0) is 9.68. The summed E-state index contributed by atoms with van der Waals surface area (Å²) in [7, 11) is 0. The van der Waals surface area contributed by atoms with Gasteiger partial charge in [0.2, 0.25) is 0 Å². The van der Waals surface area contributed by atoms with Gasteiger partial charge in [-0.2, -0.15) is 0 Å². The Balaban J connectivity index is 2.81. The molecule has 0 unspecified atom stereocenters. The molecule has 1 rings (SSSR count). The van der Waals surface area contributed by atoms with Gasteiger partial charge in [0.05, 0.1) is 13.2 Å². The lowest BCUT2D eigenvalue weighted by Crippen LogP contribution is -1.98. The molecule has 3 nitrogen and oxygen atoms in total. The van der Waals surface area contributed by atoms with Crippen LogP contribution in [-0.4, -0.2) is 16.8 Å². The van der Waals surface area contributed by atoms with Gasteiger partial charge in [-0.05, 0) is 18.6 Å². The first-order valence-corrected chi connectivity index (χ1v) is 4.33. The second kappa shape index (κ2) is 4.72. The molecule has 0 saturated carbocycles. The minimum Gasteiger partial charge on any atom is -0.508 e. The summed E-state index contributed by atoms with van der Waals surface area (Å²) in [5.74, 6) is 0.715. The minimum atomic E-state index is -0.0701. The first kappa shape index (κ1) is 9.86. The highest BCUT2D eigenvalue weighted by atomic mass is 16.5. The second-order valence-electron chi connectivity index (χ2n) is 2.80. The highest BCUT2D eigenvalue weighted by molar-refractivity contribution is 5.39. The van der Waals surface area contributed by atoms with Crippen LogP contribution in [0.25, 0.3) is 0 Å². The van der Waals surface area contributed by atoms with Gasteiger partial charge in [-0.3, -0.25) is 0 Å². The average molecular weight is 182 g/mol. The van der Waals surface area contributed by atoms with E-state index in [9.17, 15) is 5.11 Å². The first-order chi connectivity index (χ1) is 6.27. The van der Waals surface area contributed by atoms with Crippen LogP contribution in [0.1, 0.15) is 18.9 Å². The third kappa shape index (κ3) is 2.63. The van der Waals surface area contributed by atoms with Crippen LogP contribution in [0, 0.1) is 0 Å². The standard InChI is InChI=1S/C10H14O3/c1-2-5-13-10-6-9(12)4-3-8(10)7-11/h3-4,6,11-12H,2,5,7H2,1H3. The molecule has 13 heavy (non-hydrogen) atoms. The molecule has 0 aromatic heterocycles. The Morgan fingerprint density at radius 2 is 2.15 bits per heavy atom. The number of phenols is 1. The average Bonchev–Trinajstić information content (AvgIpc) is 2.15. The van der Waals surface area contributed by atoms with E-state index in [4.69, 9.17) is 9.84 Å². The molecule has 3 heteroatoms. The number of aliphatic hydroxyl groups excluding tert-OH is 1. The first-order valence-electron chi connectivity index (χ1n) is 4.33. The number of hydrogen-bond acceptors (Lipinski definition) is 3. The summed E-state index contributed by atoms with van der Waals surface area (Å²) >= 11 is 0. The minimum absolute atomic E-state index is 0.0701. The number of phenolic OH excluding ortho intramolecular Hbond substituents is 1. The lowest BCUT2D eigenvalue weighted by atomic mass is 10.2. The predicted molar refractivity (Wildman–Crippen MR) is 49.8 cm³/mol. The number of aliphatic hydroxyl groups is 1. The van der Waals surface area contributed by atoms with Crippen molar-refractivity contribution < 1.29 is 14.9 Å². The van der Waals surface area contributed by atoms with E-state index in [1.165, 1.54) is 12.1 Å². The van der Waals surface area contributed by atoms with Gasteiger partial charge in [0.25, 0.3) is 0 Å². The summed E-state index contributed by atoms with van der Waals surface area (Å²) in [6, 6.07) is 4.70. The Morgan fingerprint density at radius 1 is 1.38 bits per heavy atom. The Labute approximate surface area is 77.6 Å². The third-order valence-electron chi connectivity index (χ3n) is 1.68. The zero-order valence-electron chi connectivity index (χ0n) is 7.66. The quantitative estimate of drug-likeness (QED) is 0.744. The lowest BCUT2D eigenvalue weighted by molar-refractivity contribution is 0.262. The summed E-state index contributed by atoms with van der Waals surface area (Å²) in [6.45, 7) is 2.52. The largest absolute Gasteiger partial charge is 0.508 e. The number of hydrogen-bond donors (Lipinski definition) is 2. The van der Waals surface area contributed by atoms with Gasteiger partial charge in [-0.1, -0.05) is 6.92 Å². The molecule has 0 fully saturated rings. The van der Waals surface area contributed by atoms with Gasteiger partial charge >= 0.3 is 0 Å². The highest BCUT2D eigenvalue weighted by Gasteiger charge is 2.03. The van der Waals surface area contributed by atoms with E-state index in [0.717, 1.165) is 6.42 Å². The maximum Gasteiger partial charge on any atom is 0.128 e. The van der Waals surface area contributed by atoms with Crippen molar-refractivity contribution in [3.63, 3.8) is 0 Å². The van der Waals surface area contributed by atoms with Crippen molar-refractivity contribution in [3.8, 4) is 11.5 Å². The monoisotopic (exact) mass is 182 g/mol. The molecule has 0 atom stereocenters. The Bertz CT molecular complexity index is 271. The van der Waals surface area contributed by atoms with Gasteiger partial charge in [0, 0.05) is 11.6 Å². The fraction of sp³-hybridized carbons (Fsp3) is 0.400. The van der Waals surface area contributed by atoms with Crippen molar-refractivity contribution in [2.75, 3.05) is 6.61 Å². The third-order valence-corrected chi connectivity index (χ3v) is 1.68. The van der Waals surface area contributed by atoms with E-state index in [1.807, 2.05) is 6.92 Å². The molecule has 0 aliphatic rings. The number of benzene rings is 1. The molecule has 0 bridgehead atoms. The maximum atomic E-state index is 9.17. The van der Waals surface area contributed by atoms with Crippen molar-refractivity contribution in [2.24, 2.45) is 0 Å². The van der Waals surface area contributed by atoms with Crippen LogP contribution in [-0.2, 0) is 6.61 Å². The summed E-state index contributed by atoms with van der Waals surface area (Å²) < 4.78 is 5.34. The zero-order valence-corrected chi connectivity index (χ0v) is 7.66. The lowest BCUT2D eigenvalue weighted by Gasteiger charge is -2.09. The van der Waals surface area contributed by atoms with E-state index in [2.05, 4.69) is 0 Å². The van der Waals surface area contributed by atoms with Crippen LogP contribution in [0.3, 0.4) is 0 Å². The van der Waals surface area contributed by atoms with Gasteiger partial charge in [-0.25, -0.2) is 0 Å². The van der Waals surface area contributed by atoms with Gasteiger partial charge < -0.3 is 14.9 Å². The van der Waals surface area contributed by atoms with Gasteiger partial charge in [-0.15, -0.1) is 0 Å². The normalized spacial score (nSPS) is 10.0. The molecule has 0 spiro atoms. The molecule has 72 valence electrons. The molecular formula is C10H14O3. The van der Waals surface area contributed by atoms with Crippen molar-refractivity contribution in [1.82, 2.24) is 0 Å². The summed E-state index contributed by atoms with van der Waals surface area (Å²) in [6.07, 6.45) is 0.903. The van der Waals surface area contributed by atoms with Crippen molar-refractivity contribution >= 4 is 0 Å². The molecule has 0 aliphatic heterocycles. The van der Waals surface area contributed by atoms with Crippen LogP contribution < -0.4 is 4.74 Å². The molecule has 0 saturated heterocycles. The van der Waals surface area contributed by atoms with Crippen molar-refractivity contribution in [3.05, 3.63) is 23.8 Å². The SMILES string of the molecule is CCCOc1cc(O)ccc1CO. The molecule has 2 N–H and O–H groups in total. The molecule has 0 heterocycles. The smallest absolute Gasteiger partial charge is 0.128 e. The van der Waals surface area contributed by atoms with Crippen LogP contribution >= 0.6 is 0 Å². The second-order valence-corrected chi connectivity index (χ2v) is 2.80. The van der Waals surface area contributed by atoms with Crippen molar-refractivity contribution in [2.45, 2.75) is 20.0 Å². The summed E-state index contributed by atoms with van der Waals surface area (Å²) in [5.41, 5.74) is 0.700. The Kier molecular flexibility index (Phi) is 3.58. The molecule has 1 aromatic carbocycles. The van der Waals surface area contributed by atoms with Crippen LogP contribution in [0.15, 0.2) is 18.2 Å².